The Bertz CT molecular complexity index is 618. The number of anilines is 1. The standard InChI is InChI=1S/C16H21N5O/c17-14(10-12-4-2-1-3-5-12)16(22)19-15-7-9-21(20-15)13-6-8-18-11-13/h1-5,7,9,13-14,18H,6,8,10-11,17H2,(H,19,20,22)/t13-,14+/m0/s1. The molecule has 4 N–H and O–H groups in total. The van der Waals surface area contributed by atoms with Crippen molar-refractivity contribution in [3.8, 4) is 0 Å². The Balaban J connectivity index is 1.57. The molecule has 0 bridgehead atoms. The summed E-state index contributed by atoms with van der Waals surface area (Å²) in [7, 11) is 0. The highest BCUT2D eigenvalue weighted by Gasteiger charge is 2.19. The van der Waals surface area contributed by atoms with Gasteiger partial charge in [0.05, 0.1) is 12.1 Å². The van der Waals surface area contributed by atoms with E-state index < -0.39 is 6.04 Å². The van der Waals surface area contributed by atoms with Gasteiger partial charge in [-0.05, 0) is 24.9 Å². The topological polar surface area (TPSA) is 85.0 Å². The Morgan fingerprint density at radius 2 is 2.23 bits per heavy atom. The largest absolute Gasteiger partial charge is 0.320 e. The van der Waals surface area contributed by atoms with Gasteiger partial charge in [-0.1, -0.05) is 30.3 Å². The number of benzene rings is 1. The molecule has 2 atom stereocenters. The van der Waals surface area contributed by atoms with Crippen LogP contribution >= 0.6 is 0 Å². The molecule has 1 aliphatic heterocycles. The number of hydrogen-bond donors (Lipinski definition) is 3. The molecule has 1 amide bonds. The zero-order valence-electron chi connectivity index (χ0n) is 12.4. The first kappa shape index (κ1) is 14.7. The number of amides is 1. The molecular weight excluding hydrogens is 278 g/mol. The summed E-state index contributed by atoms with van der Waals surface area (Å²) in [5, 5.41) is 10.5. The van der Waals surface area contributed by atoms with Crippen LogP contribution in [0, 0.1) is 0 Å². The van der Waals surface area contributed by atoms with Crippen LogP contribution in [0.25, 0.3) is 0 Å². The van der Waals surface area contributed by atoms with E-state index in [1.165, 1.54) is 0 Å². The number of hydrogen-bond acceptors (Lipinski definition) is 4. The normalized spacial score (nSPS) is 19.0. The Kier molecular flexibility index (Phi) is 4.50. The predicted molar refractivity (Wildman–Crippen MR) is 85.5 cm³/mol. The van der Waals surface area contributed by atoms with Gasteiger partial charge in [-0.15, -0.1) is 0 Å². The zero-order chi connectivity index (χ0) is 15.4. The number of carbonyl (C=O) groups excluding carboxylic acids is 1. The molecule has 6 nitrogen and oxygen atoms in total. The Morgan fingerprint density at radius 1 is 1.41 bits per heavy atom. The molecule has 116 valence electrons. The van der Waals surface area contributed by atoms with Crippen LogP contribution in [-0.4, -0.2) is 34.8 Å². The molecule has 6 heteroatoms. The summed E-state index contributed by atoms with van der Waals surface area (Å²) in [6.07, 6.45) is 3.47. The number of nitrogens with two attached hydrogens (primary N) is 1. The minimum atomic E-state index is -0.583. The molecule has 1 saturated heterocycles. The maximum absolute atomic E-state index is 12.1. The fraction of sp³-hybridized carbons (Fsp3) is 0.375. The lowest BCUT2D eigenvalue weighted by molar-refractivity contribution is -0.117. The first-order valence-corrected chi connectivity index (χ1v) is 7.58. The summed E-state index contributed by atoms with van der Waals surface area (Å²) in [5.41, 5.74) is 7.02. The molecule has 2 heterocycles. The van der Waals surface area contributed by atoms with E-state index in [0.29, 0.717) is 18.3 Å². The molecule has 1 aliphatic rings. The summed E-state index contributed by atoms with van der Waals surface area (Å²) in [6.45, 7) is 1.93. The molecule has 1 aromatic heterocycles. The summed E-state index contributed by atoms with van der Waals surface area (Å²) in [6, 6.07) is 11.4. The van der Waals surface area contributed by atoms with E-state index in [2.05, 4.69) is 15.7 Å². The van der Waals surface area contributed by atoms with Gasteiger partial charge >= 0.3 is 0 Å². The number of nitrogens with zero attached hydrogens (tertiary/aromatic N) is 2. The van der Waals surface area contributed by atoms with E-state index in [0.717, 1.165) is 25.1 Å². The number of aromatic nitrogens is 2. The van der Waals surface area contributed by atoms with Crippen LogP contribution in [0.5, 0.6) is 0 Å². The molecule has 1 aromatic carbocycles. The molecule has 3 rings (SSSR count). The van der Waals surface area contributed by atoms with Crippen molar-refractivity contribution >= 4 is 11.7 Å². The maximum atomic E-state index is 12.1. The van der Waals surface area contributed by atoms with Crippen LogP contribution in [0.4, 0.5) is 5.82 Å². The third-order valence-corrected chi connectivity index (χ3v) is 3.90. The lowest BCUT2D eigenvalue weighted by atomic mass is 10.1. The van der Waals surface area contributed by atoms with Gasteiger partial charge in [0.15, 0.2) is 5.82 Å². The second kappa shape index (κ2) is 6.72. The lowest BCUT2D eigenvalue weighted by Crippen LogP contribution is -2.37. The van der Waals surface area contributed by atoms with E-state index in [1.807, 2.05) is 47.3 Å². The molecule has 0 spiro atoms. The van der Waals surface area contributed by atoms with Gasteiger partial charge in [-0.3, -0.25) is 9.48 Å². The molecule has 0 radical (unpaired) electrons. The third kappa shape index (κ3) is 3.52. The van der Waals surface area contributed by atoms with Crippen LogP contribution in [0.2, 0.25) is 0 Å². The lowest BCUT2D eigenvalue weighted by Gasteiger charge is -2.11. The molecule has 2 aromatic rings. The molecule has 0 saturated carbocycles. The molecular formula is C16H21N5O. The van der Waals surface area contributed by atoms with E-state index >= 15 is 0 Å². The molecule has 0 unspecified atom stereocenters. The summed E-state index contributed by atoms with van der Waals surface area (Å²) in [5.74, 6) is 0.346. The van der Waals surface area contributed by atoms with Crippen molar-refractivity contribution in [1.82, 2.24) is 15.1 Å². The van der Waals surface area contributed by atoms with Crippen LogP contribution < -0.4 is 16.4 Å². The maximum Gasteiger partial charge on any atom is 0.242 e. The molecule has 22 heavy (non-hydrogen) atoms. The van der Waals surface area contributed by atoms with Gasteiger partial charge in [-0.25, -0.2) is 0 Å². The number of nitrogens with one attached hydrogen (secondary N) is 2. The average molecular weight is 299 g/mol. The quantitative estimate of drug-likeness (QED) is 0.766. The highest BCUT2D eigenvalue weighted by molar-refractivity contribution is 5.94. The minimum absolute atomic E-state index is 0.210. The average Bonchev–Trinajstić information content (AvgIpc) is 3.19. The SMILES string of the molecule is N[C@H](Cc1ccccc1)C(=O)Nc1ccn([C@H]2CCNC2)n1. The first-order chi connectivity index (χ1) is 10.7. The van der Waals surface area contributed by atoms with Crippen molar-refractivity contribution in [2.75, 3.05) is 18.4 Å². The van der Waals surface area contributed by atoms with Gasteiger partial charge in [0.1, 0.15) is 0 Å². The zero-order valence-corrected chi connectivity index (χ0v) is 12.4. The highest BCUT2D eigenvalue weighted by Crippen LogP contribution is 2.16. The minimum Gasteiger partial charge on any atom is -0.320 e. The summed E-state index contributed by atoms with van der Waals surface area (Å²) in [4.78, 5) is 12.1. The van der Waals surface area contributed by atoms with Crippen LogP contribution in [0.1, 0.15) is 18.0 Å². The van der Waals surface area contributed by atoms with E-state index in [4.69, 9.17) is 5.73 Å². The van der Waals surface area contributed by atoms with Crippen molar-refractivity contribution in [3.63, 3.8) is 0 Å². The smallest absolute Gasteiger partial charge is 0.242 e. The fourth-order valence-electron chi connectivity index (χ4n) is 2.65. The fourth-order valence-corrected chi connectivity index (χ4v) is 2.65. The number of carbonyl (C=O) groups is 1. The third-order valence-electron chi connectivity index (χ3n) is 3.90. The highest BCUT2D eigenvalue weighted by atomic mass is 16.2. The van der Waals surface area contributed by atoms with E-state index in [9.17, 15) is 4.79 Å². The van der Waals surface area contributed by atoms with E-state index in [1.54, 1.807) is 0 Å². The summed E-state index contributed by atoms with van der Waals surface area (Å²) >= 11 is 0. The first-order valence-electron chi connectivity index (χ1n) is 7.58. The van der Waals surface area contributed by atoms with Crippen molar-refractivity contribution in [1.29, 1.82) is 0 Å². The van der Waals surface area contributed by atoms with Gasteiger partial charge in [0, 0.05) is 18.8 Å². The van der Waals surface area contributed by atoms with Crippen LogP contribution in [0.3, 0.4) is 0 Å². The van der Waals surface area contributed by atoms with Gasteiger partial charge in [0.2, 0.25) is 5.91 Å². The van der Waals surface area contributed by atoms with Gasteiger partial charge in [0.25, 0.3) is 0 Å². The second-order valence-corrected chi connectivity index (χ2v) is 5.61. The molecule has 0 aliphatic carbocycles. The van der Waals surface area contributed by atoms with E-state index in [-0.39, 0.29) is 5.91 Å². The predicted octanol–water partition coefficient (Wildman–Crippen LogP) is 0.926. The van der Waals surface area contributed by atoms with Gasteiger partial charge < -0.3 is 16.4 Å². The number of rotatable bonds is 5. The van der Waals surface area contributed by atoms with Crippen molar-refractivity contribution in [2.45, 2.75) is 24.9 Å². The van der Waals surface area contributed by atoms with Crippen molar-refractivity contribution in [2.24, 2.45) is 5.73 Å². The van der Waals surface area contributed by atoms with Gasteiger partial charge in [-0.2, -0.15) is 5.10 Å². The summed E-state index contributed by atoms with van der Waals surface area (Å²) < 4.78 is 1.90. The Morgan fingerprint density at radius 3 is 2.95 bits per heavy atom. The van der Waals surface area contributed by atoms with Crippen molar-refractivity contribution < 1.29 is 4.79 Å². The Labute approximate surface area is 129 Å². The Hall–Kier alpha value is -2.18. The van der Waals surface area contributed by atoms with Crippen LogP contribution in [0.15, 0.2) is 42.6 Å². The molecule has 1 fully saturated rings. The second-order valence-electron chi connectivity index (χ2n) is 5.61. The monoisotopic (exact) mass is 299 g/mol. The van der Waals surface area contributed by atoms with Crippen molar-refractivity contribution in [3.05, 3.63) is 48.2 Å². The van der Waals surface area contributed by atoms with Crippen LogP contribution in [-0.2, 0) is 11.2 Å².